The van der Waals surface area contributed by atoms with Crippen LogP contribution in [-0.4, -0.2) is 17.1 Å². The summed E-state index contributed by atoms with van der Waals surface area (Å²) >= 11 is 0. The SMILES string of the molecule is N#Cc1cnc2ccccc2c1OC1CCCCCC1N. The standard InChI is InChI=1S/C17H19N3O/c18-10-12-11-20-15-8-5-4-6-13(15)17(12)21-16-9-3-1-2-7-14(16)19/h4-6,8,11,14,16H,1-3,7,9,19H2. The molecule has 1 aromatic heterocycles. The van der Waals surface area contributed by atoms with Crippen LogP contribution >= 0.6 is 0 Å². The van der Waals surface area contributed by atoms with Crippen LogP contribution in [0.5, 0.6) is 5.75 Å². The van der Waals surface area contributed by atoms with Crippen molar-refractivity contribution in [2.45, 2.75) is 44.2 Å². The van der Waals surface area contributed by atoms with E-state index in [4.69, 9.17) is 10.5 Å². The topological polar surface area (TPSA) is 71.9 Å². The average molecular weight is 281 g/mol. The highest BCUT2D eigenvalue weighted by Crippen LogP contribution is 2.31. The third-order valence-electron chi connectivity index (χ3n) is 4.12. The van der Waals surface area contributed by atoms with Crippen LogP contribution in [0.1, 0.15) is 37.7 Å². The Morgan fingerprint density at radius 3 is 2.86 bits per heavy atom. The van der Waals surface area contributed by atoms with Gasteiger partial charge in [0.15, 0.2) is 0 Å². The first-order chi connectivity index (χ1) is 10.3. The molecule has 0 amide bonds. The van der Waals surface area contributed by atoms with Crippen molar-refractivity contribution in [2.75, 3.05) is 0 Å². The summed E-state index contributed by atoms with van der Waals surface area (Å²) in [6.45, 7) is 0. The fraction of sp³-hybridized carbons (Fsp3) is 0.412. The van der Waals surface area contributed by atoms with E-state index >= 15 is 0 Å². The van der Waals surface area contributed by atoms with E-state index in [1.165, 1.54) is 6.42 Å². The fourth-order valence-corrected chi connectivity index (χ4v) is 2.92. The number of para-hydroxylation sites is 1. The van der Waals surface area contributed by atoms with Gasteiger partial charge in [0.05, 0.1) is 5.52 Å². The number of hydrogen-bond acceptors (Lipinski definition) is 4. The number of ether oxygens (including phenoxy) is 1. The Balaban J connectivity index is 2.00. The zero-order valence-corrected chi connectivity index (χ0v) is 12.0. The molecule has 1 aliphatic rings. The summed E-state index contributed by atoms with van der Waals surface area (Å²) in [5, 5.41) is 10.2. The van der Waals surface area contributed by atoms with E-state index in [1.54, 1.807) is 6.20 Å². The summed E-state index contributed by atoms with van der Waals surface area (Å²) in [6, 6.07) is 9.95. The van der Waals surface area contributed by atoms with Crippen LogP contribution in [0.2, 0.25) is 0 Å². The van der Waals surface area contributed by atoms with Crippen LogP contribution in [0.25, 0.3) is 10.9 Å². The maximum absolute atomic E-state index is 9.33. The second-order valence-corrected chi connectivity index (χ2v) is 5.59. The number of pyridine rings is 1. The quantitative estimate of drug-likeness (QED) is 0.858. The summed E-state index contributed by atoms with van der Waals surface area (Å²) in [7, 11) is 0. The molecule has 21 heavy (non-hydrogen) atoms. The molecule has 3 rings (SSSR count). The zero-order chi connectivity index (χ0) is 14.7. The highest BCUT2D eigenvalue weighted by molar-refractivity contribution is 5.87. The predicted molar refractivity (Wildman–Crippen MR) is 81.9 cm³/mol. The third kappa shape index (κ3) is 2.84. The minimum absolute atomic E-state index is 0.0228. The molecule has 0 saturated heterocycles. The van der Waals surface area contributed by atoms with E-state index in [9.17, 15) is 5.26 Å². The van der Waals surface area contributed by atoms with Gasteiger partial charge in [-0.1, -0.05) is 25.0 Å². The van der Waals surface area contributed by atoms with Crippen LogP contribution in [0.3, 0.4) is 0 Å². The van der Waals surface area contributed by atoms with E-state index < -0.39 is 0 Å². The molecule has 2 unspecified atom stereocenters. The van der Waals surface area contributed by atoms with Gasteiger partial charge in [0.1, 0.15) is 23.5 Å². The molecule has 2 aromatic rings. The molecule has 4 heteroatoms. The molecule has 0 spiro atoms. The molecule has 2 N–H and O–H groups in total. The maximum Gasteiger partial charge on any atom is 0.148 e. The number of aromatic nitrogens is 1. The van der Waals surface area contributed by atoms with Gasteiger partial charge in [-0.05, 0) is 31.4 Å². The molecule has 1 fully saturated rings. The number of nitriles is 1. The van der Waals surface area contributed by atoms with Crippen molar-refractivity contribution in [2.24, 2.45) is 5.73 Å². The monoisotopic (exact) mass is 281 g/mol. The minimum atomic E-state index is -0.0228. The summed E-state index contributed by atoms with van der Waals surface area (Å²) in [6.07, 6.45) is 6.98. The Labute approximate surface area is 124 Å². The number of nitrogens with two attached hydrogens (primary N) is 1. The van der Waals surface area contributed by atoms with Crippen LogP contribution in [-0.2, 0) is 0 Å². The minimum Gasteiger partial charge on any atom is -0.487 e. The molecule has 1 heterocycles. The van der Waals surface area contributed by atoms with E-state index in [0.29, 0.717) is 11.3 Å². The normalized spacial score (nSPS) is 22.5. The van der Waals surface area contributed by atoms with Crippen molar-refractivity contribution in [3.8, 4) is 11.8 Å². The summed E-state index contributed by atoms with van der Waals surface area (Å²) in [4.78, 5) is 4.31. The van der Waals surface area contributed by atoms with Gasteiger partial charge in [-0.15, -0.1) is 0 Å². The zero-order valence-electron chi connectivity index (χ0n) is 12.0. The molecule has 1 aliphatic carbocycles. The van der Waals surface area contributed by atoms with Gasteiger partial charge in [0.2, 0.25) is 0 Å². The molecule has 108 valence electrons. The van der Waals surface area contributed by atoms with E-state index in [1.807, 2.05) is 24.3 Å². The van der Waals surface area contributed by atoms with Crippen molar-refractivity contribution in [3.63, 3.8) is 0 Å². The van der Waals surface area contributed by atoms with Gasteiger partial charge in [-0.2, -0.15) is 5.26 Å². The first kappa shape index (κ1) is 13.8. The molecule has 2 atom stereocenters. The molecular weight excluding hydrogens is 262 g/mol. The predicted octanol–water partition coefficient (Wildman–Crippen LogP) is 3.15. The number of hydrogen-bond donors (Lipinski definition) is 1. The molecule has 0 bridgehead atoms. The number of fused-ring (bicyclic) bond motifs is 1. The Morgan fingerprint density at radius 2 is 2.00 bits per heavy atom. The molecule has 0 aliphatic heterocycles. The van der Waals surface area contributed by atoms with E-state index in [0.717, 1.165) is 36.6 Å². The fourth-order valence-electron chi connectivity index (χ4n) is 2.92. The number of rotatable bonds is 2. The Hall–Kier alpha value is -2.12. The van der Waals surface area contributed by atoms with Crippen molar-refractivity contribution < 1.29 is 4.74 Å². The Bertz CT molecular complexity index is 677. The molecule has 1 aromatic carbocycles. The second-order valence-electron chi connectivity index (χ2n) is 5.59. The smallest absolute Gasteiger partial charge is 0.148 e. The first-order valence-electron chi connectivity index (χ1n) is 7.49. The van der Waals surface area contributed by atoms with Crippen LogP contribution in [0.15, 0.2) is 30.5 Å². The molecule has 4 nitrogen and oxygen atoms in total. The maximum atomic E-state index is 9.33. The van der Waals surface area contributed by atoms with Gasteiger partial charge >= 0.3 is 0 Å². The van der Waals surface area contributed by atoms with E-state index in [-0.39, 0.29) is 12.1 Å². The summed E-state index contributed by atoms with van der Waals surface area (Å²) in [5.41, 5.74) is 7.56. The lowest BCUT2D eigenvalue weighted by molar-refractivity contribution is 0.164. The van der Waals surface area contributed by atoms with Gasteiger partial charge in [-0.25, -0.2) is 0 Å². The Kier molecular flexibility index (Phi) is 4.03. The highest BCUT2D eigenvalue weighted by Gasteiger charge is 2.24. The molecule has 1 saturated carbocycles. The number of nitrogens with zero attached hydrogens (tertiary/aromatic N) is 2. The van der Waals surface area contributed by atoms with Crippen molar-refractivity contribution in [1.82, 2.24) is 4.98 Å². The summed E-state index contributed by atoms with van der Waals surface area (Å²) in [5.74, 6) is 0.630. The molecule has 0 radical (unpaired) electrons. The van der Waals surface area contributed by atoms with Gasteiger partial charge in [0, 0.05) is 17.6 Å². The Morgan fingerprint density at radius 1 is 1.19 bits per heavy atom. The lowest BCUT2D eigenvalue weighted by atomic mass is 10.1. The van der Waals surface area contributed by atoms with Gasteiger partial charge in [0.25, 0.3) is 0 Å². The average Bonchev–Trinajstić information content (AvgIpc) is 2.72. The number of benzene rings is 1. The van der Waals surface area contributed by atoms with Crippen molar-refractivity contribution in [1.29, 1.82) is 5.26 Å². The molecular formula is C17H19N3O. The largest absolute Gasteiger partial charge is 0.487 e. The third-order valence-corrected chi connectivity index (χ3v) is 4.12. The highest BCUT2D eigenvalue weighted by atomic mass is 16.5. The lowest BCUT2D eigenvalue weighted by Gasteiger charge is -2.24. The van der Waals surface area contributed by atoms with Gasteiger partial charge < -0.3 is 10.5 Å². The second kappa shape index (κ2) is 6.11. The van der Waals surface area contributed by atoms with E-state index in [2.05, 4.69) is 11.1 Å². The van der Waals surface area contributed by atoms with Crippen molar-refractivity contribution in [3.05, 3.63) is 36.0 Å². The first-order valence-corrected chi connectivity index (χ1v) is 7.49. The lowest BCUT2D eigenvalue weighted by Crippen LogP contribution is -2.38. The van der Waals surface area contributed by atoms with Crippen LogP contribution < -0.4 is 10.5 Å². The van der Waals surface area contributed by atoms with Crippen LogP contribution in [0, 0.1) is 11.3 Å². The van der Waals surface area contributed by atoms with Crippen molar-refractivity contribution >= 4 is 10.9 Å². The van der Waals surface area contributed by atoms with Gasteiger partial charge in [-0.3, -0.25) is 4.98 Å². The van der Waals surface area contributed by atoms with Crippen LogP contribution in [0.4, 0.5) is 0 Å². The summed E-state index contributed by atoms with van der Waals surface area (Å²) < 4.78 is 6.20.